The molecule has 0 spiro atoms. The molecule has 1 saturated heterocycles. The molecule has 2 atom stereocenters. The van der Waals surface area contributed by atoms with Crippen LogP contribution in [0.5, 0.6) is 5.75 Å². The van der Waals surface area contributed by atoms with Gasteiger partial charge in [0.2, 0.25) is 5.89 Å². The highest BCUT2D eigenvalue weighted by Crippen LogP contribution is 2.27. The van der Waals surface area contributed by atoms with Gasteiger partial charge in [0, 0.05) is 29.2 Å². The first-order valence-electron chi connectivity index (χ1n) is 7.62. The Morgan fingerprint density at radius 3 is 2.82 bits per heavy atom. The number of oxazole rings is 1. The Labute approximate surface area is 135 Å². The number of hydrogen-bond donors (Lipinski definition) is 0. The maximum absolute atomic E-state index is 5.93. The van der Waals surface area contributed by atoms with Gasteiger partial charge in [0.15, 0.2) is 5.76 Å². The summed E-state index contributed by atoms with van der Waals surface area (Å²) in [5.41, 5.74) is 1.02. The van der Waals surface area contributed by atoms with Crippen LogP contribution >= 0.6 is 11.8 Å². The van der Waals surface area contributed by atoms with Crippen molar-refractivity contribution in [2.45, 2.75) is 31.7 Å². The van der Waals surface area contributed by atoms with Crippen LogP contribution in [-0.4, -0.2) is 40.6 Å². The number of nitrogens with zero attached hydrogens (tertiary/aromatic N) is 2. The van der Waals surface area contributed by atoms with Crippen LogP contribution in [0.2, 0.25) is 0 Å². The number of aromatic nitrogens is 1. The van der Waals surface area contributed by atoms with Crippen molar-refractivity contribution in [3.63, 3.8) is 0 Å². The van der Waals surface area contributed by atoms with Crippen molar-refractivity contribution in [2.24, 2.45) is 0 Å². The Balaban J connectivity index is 1.70. The third-order valence-electron chi connectivity index (χ3n) is 4.28. The van der Waals surface area contributed by atoms with Crippen molar-refractivity contribution in [3.05, 3.63) is 36.4 Å². The third kappa shape index (κ3) is 3.31. The largest absolute Gasteiger partial charge is 0.497 e. The van der Waals surface area contributed by atoms with Gasteiger partial charge >= 0.3 is 0 Å². The predicted octanol–water partition coefficient (Wildman–Crippen LogP) is 3.68. The minimum atomic E-state index is 0.551. The van der Waals surface area contributed by atoms with Gasteiger partial charge in [-0.3, -0.25) is 4.90 Å². The average molecular weight is 318 g/mol. The van der Waals surface area contributed by atoms with E-state index in [-0.39, 0.29) is 0 Å². The van der Waals surface area contributed by atoms with E-state index in [1.165, 1.54) is 5.75 Å². The second kappa shape index (κ2) is 6.75. The van der Waals surface area contributed by atoms with Crippen molar-refractivity contribution in [2.75, 3.05) is 19.4 Å². The molecule has 0 radical (unpaired) electrons. The SMILES string of the molecule is COc1ccc(-c2cnc(CN3CCSC(C)C3C)o2)cc1. The predicted molar refractivity (Wildman–Crippen MR) is 90.3 cm³/mol. The second-order valence-corrected chi connectivity index (χ2v) is 7.12. The van der Waals surface area contributed by atoms with Gasteiger partial charge in [-0.15, -0.1) is 0 Å². The first-order valence-corrected chi connectivity index (χ1v) is 8.67. The molecule has 1 aliphatic heterocycles. The van der Waals surface area contributed by atoms with Gasteiger partial charge in [0.05, 0.1) is 19.9 Å². The number of rotatable bonds is 4. The highest BCUT2D eigenvalue weighted by Gasteiger charge is 2.26. The molecule has 0 bridgehead atoms. The molecule has 0 aliphatic carbocycles. The first kappa shape index (κ1) is 15.4. The fourth-order valence-electron chi connectivity index (χ4n) is 2.66. The molecular weight excluding hydrogens is 296 g/mol. The van der Waals surface area contributed by atoms with E-state index in [4.69, 9.17) is 9.15 Å². The van der Waals surface area contributed by atoms with Crippen molar-refractivity contribution in [1.82, 2.24) is 9.88 Å². The Kier molecular flexibility index (Phi) is 4.74. The minimum Gasteiger partial charge on any atom is -0.497 e. The van der Waals surface area contributed by atoms with Crippen LogP contribution in [0.25, 0.3) is 11.3 Å². The summed E-state index contributed by atoms with van der Waals surface area (Å²) in [4.78, 5) is 6.89. The van der Waals surface area contributed by atoms with Crippen LogP contribution in [0.1, 0.15) is 19.7 Å². The molecule has 2 heterocycles. The van der Waals surface area contributed by atoms with Crippen LogP contribution in [0.3, 0.4) is 0 Å². The van der Waals surface area contributed by atoms with E-state index < -0.39 is 0 Å². The number of thioether (sulfide) groups is 1. The topological polar surface area (TPSA) is 38.5 Å². The fraction of sp³-hybridized carbons (Fsp3) is 0.471. The Hall–Kier alpha value is -1.46. The van der Waals surface area contributed by atoms with Gasteiger partial charge in [-0.25, -0.2) is 4.98 Å². The zero-order valence-electron chi connectivity index (χ0n) is 13.3. The fourth-order valence-corrected chi connectivity index (χ4v) is 3.83. The van der Waals surface area contributed by atoms with Crippen molar-refractivity contribution in [3.8, 4) is 17.1 Å². The lowest BCUT2D eigenvalue weighted by Crippen LogP contribution is -2.43. The van der Waals surface area contributed by atoms with Crippen LogP contribution in [0, 0.1) is 0 Å². The molecular formula is C17H22N2O2S. The summed E-state index contributed by atoms with van der Waals surface area (Å²) in [7, 11) is 1.67. The Morgan fingerprint density at radius 1 is 1.32 bits per heavy atom. The van der Waals surface area contributed by atoms with Crippen LogP contribution < -0.4 is 4.74 Å². The van der Waals surface area contributed by atoms with Gasteiger partial charge in [-0.05, 0) is 31.2 Å². The smallest absolute Gasteiger partial charge is 0.209 e. The third-order valence-corrected chi connectivity index (χ3v) is 5.62. The van der Waals surface area contributed by atoms with Crippen LogP contribution in [-0.2, 0) is 6.54 Å². The Bertz CT molecular complexity index is 611. The van der Waals surface area contributed by atoms with E-state index >= 15 is 0 Å². The van der Waals surface area contributed by atoms with E-state index in [1.54, 1.807) is 7.11 Å². The molecule has 5 heteroatoms. The number of hydrogen-bond acceptors (Lipinski definition) is 5. The van der Waals surface area contributed by atoms with E-state index in [1.807, 2.05) is 42.2 Å². The lowest BCUT2D eigenvalue weighted by molar-refractivity contribution is 0.186. The summed E-state index contributed by atoms with van der Waals surface area (Å²) >= 11 is 2.04. The normalized spacial score (nSPS) is 22.7. The summed E-state index contributed by atoms with van der Waals surface area (Å²) in [6.45, 7) is 6.45. The molecule has 4 nitrogen and oxygen atoms in total. The quantitative estimate of drug-likeness (QED) is 0.860. The molecule has 1 aromatic heterocycles. The van der Waals surface area contributed by atoms with Crippen molar-refractivity contribution < 1.29 is 9.15 Å². The lowest BCUT2D eigenvalue weighted by Gasteiger charge is -2.36. The molecule has 1 aromatic carbocycles. The van der Waals surface area contributed by atoms with Gasteiger partial charge in [0.1, 0.15) is 5.75 Å². The molecule has 3 rings (SSSR count). The molecule has 0 N–H and O–H groups in total. The molecule has 0 saturated carbocycles. The maximum Gasteiger partial charge on any atom is 0.209 e. The van der Waals surface area contributed by atoms with E-state index in [9.17, 15) is 0 Å². The number of benzene rings is 1. The highest BCUT2D eigenvalue weighted by atomic mass is 32.2. The monoisotopic (exact) mass is 318 g/mol. The van der Waals surface area contributed by atoms with Crippen molar-refractivity contribution in [1.29, 1.82) is 0 Å². The van der Waals surface area contributed by atoms with E-state index in [0.29, 0.717) is 11.3 Å². The molecule has 0 amide bonds. The van der Waals surface area contributed by atoms with Gasteiger partial charge < -0.3 is 9.15 Å². The Morgan fingerprint density at radius 2 is 2.09 bits per heavy atom. The molecule has 1 fully saturated rings. The molecule has 2 aromatic rings. The lowest BCUT2D eigenvalue weighted by atomic mass is 10.2. The summed E-state index contributed by atoms with van der Waals surface area (Å²) in [6.07, 6.45) is 1.81. The summed E-state index contributed by atoms with van der Waals surface area (Å²) < 4.78 is 11.1. The average Bonchev–Trinajstić information content (AvgIpc) is 3.00. The highest BCUT2D eigenvalue weighted by molar-refractivity contribution is 8.00. The van der Waals surface area contributed by atoms with E-state index in [2.05, 4.69) is 23.7 Å². The minimum absolute atomic E-state index is 0.551. The van der Waals surface area contributed by atoms with Crippen molar-refractivity contribution >= 4 is 11.8 Å². The second-order valence-electron chi connectivity index (χ2n) is 5.63. The standard InChI is InChI=1S/C17H22N2O2S/c1-12-13(2)22-9-8-19(12)11-17-18-10-16(21-17)14-4-6-15(20-3)7-5-14/h4-7,10,12-13H,8-9,11H2,1-3H3. The molecule has 22 heavy (non-hydrogen) atoms. The van der Waals surface area contributed by atoms with Crippen LogP contribution in [0.4, 0.5) is 0 Å². The summed E-state index contributed by atoms with van der Waals surface area (Å²) in [5.74, 6) is 3.62. The summed E-state index contributed by atoms with van der Waals surface area (Å²) in [6, 6.07) is 8.40. The van der Waals surface area contributed by atoms with Gasteiger partial charge in [-0.1, -0.05) is 6.92 Å². The molecule has 1 aliphatic rings. The number of ether oxygens (including phenoxy) is 1. The van der Waals surface area contributed by atoms with E-state index in [0.717, 1.165) is 36.1 Å². The number of methoxy groups -OCH3 is 1. The zero-order valence-corrected chi connectivity index (χ0v) is 14.1. The zero-order chi connectivity index (χ0) is 15.5. The molecule has 118 valence electrons. The van der Waals surface area contributed by atoms with Crippen LogP contribution in [0.15, 0.2) is 34.9 Å². The first-order chi connectivity index (χ1) is 10.7. The van der Waals surface area contributed by atoms with Gasteiger partial charge in [0.25, 0.3) is 0 Å². The summed E-state index contributed by atoms with van der Waals surface area (Å²) in [5, 5.41) is 0.657. The molecule has 2 unspecified atom stereocenters. The van der Waals surface area contributed by atoms with Gasteiger partial charge in [-0.2, -0.15) is 11.8 Å². The maximum atomic E-state index is 5.93.